The van der Waals surface area contributed by atoms with E-state index >= 15 is 0 Å². The van der Waals surface area contributed by atoms with Crippen LogP contribution in [-0.4, -0.2) is 52.6 Å². The molecule has 144 valence electrons. The fourth-order valence-corrected chi connectivity index (χ4v) is 2.86. The fraction of sp³-hybridized carbons (Fsp3) is 0.444. The van der Waals surface area contributed by atoms with E-state index in [2.05, 4.69) is 20.6 Å². The number of carbonyl (C=O) groups is 2. The summed E-state index contributed by atoms with van der Waals surface area (Å²) in [7, 11) is 0. The molecule has 0 saturated carbocycles. The summed E-state index contributed by atoms with van der Waals surface area (Å²) in [6.07, 6.45) is 4.21. The molecule has 2 aromatic rings. The van der Waals surface area contributed by atoms with Gasteiger partial charge < -0.3 is 24.7 Å². The van der Waals surface area contributed by atoms with Crippen LogP contribution in [0.5, 0.6) is 0 Å². The number of hydrogen-bond donors (Lipinski definition) is 2. The van der Waals surface area contributed by atoms with E-state index in [0.29, 0.717) is 37.8 Å². The third kappa shape index (κ3) is 5.19. The van der Waals surface area contributed by atoms with Crippen molar-refractivity contribution in [1.82, 2.24) is 20.2 Å². The van der Waals surface area contributed by atoms with Gasteiger partial charge in [-0.25, -0.2) is 14.8 Å². The van der Waals surface area contributed by atoms with Crippen LogP contribution in [0.4, 0.5) is 10.6 Å². The van der Waals surface area contributed by atoms with Crippen LogP contribution < -0.4 is 10.6 Å². The highest BCUT2D eigenvalue weighted by Gasteiger charge is 2.23. The molecule has 9 heteroatoms. The summed E-state index contributed by atoms with van der Waals surface area (Å²) < 4.78 is 10.2. The summed E-state index contributed by atoms with van der Waals surface area (Å²) >= 11 is 0. The van der Waals surface area contributed by atoms with Gasteiger partial charge in [-0.15, -0.1) is 0 Å². The Morgan fingerprint density at radius 1 is 1.33 bits per heavy atom. The van der Waals surface area contributed by atoms with Crippen molar-refractivity contribution in [3.8, 4) is 0 Å². The number of likely N-dealkylation sites (tertiary alicyclic amines) is 1. The van der Waals surface area contributed by atoms with Gasteiger partial charge in [0.15, 0.2) is 0 Å². The molecule has 0 bridgehead atoms. The first-order valence-electron chi connectivity index (χ1n) is 8.96. The predicted octanol–water partition coefficient (Wildman–Crippen LogP) is 2.03. The molecule has 2 aromatic heterocycles. The van der Waals surface area contributed by atoms with Crippen molar-refractivity contribution in [2.24, 2.45) is 0 Å². The lowest BCUT2D eigenvalue weighted by Crippen LogP contribution is -2.42. The molecule has 3 heterocycles. The Morgan fingerprint density at radius 2 is 2.15 bits per heavy atom. The average molecular weight is 373 g/mol. The molecule has 0 unspecified atom stereocenters. The number of rotatable bonds is 6. The molecule has 1 aliphatic heterocycles. The molecule has 1 saturated heterocycles. The van der Waals surface area contributed by atoms with Crippen molar-refractivity contribution < 1.29 is 18.7 Å². The van der Waals surface area contributed by atoms with Gasteiger partial charge >= 0.3 is 6.09 Å². The molecule has 27 heavy (non-hydrogen) atoms. The standard InChI is InChI=1S/C18H23N5O4/c1-2-26-18(25)23-7-5-13(6-8-23)22-16-10-15(20-12-21-16)17(24)19-11-14-4-3-9-27-14/h3-4,9-10,12-13H,2,5-8,11H2,1H3,(H,19,24)(H,20,21,22). The monoisotopic (exact) mass is 373 g/mol. The Balaban J connectivity index is 1.50. The lowest BCUT2D eigenvalue weighted by molar-refractivity contribution is 0.0940. The maximum absolute atomic E-state index is 12.2. The predicted molar refractivity (Wildman–Crippen MR) is 97.1 cm³/mol. The van der Waals surface area contributed by atoms with E-state index in [9.17, 15) is 9.59 Å². The van der Waals surface area contributed by atoms with E-state index in [4.69, 9.17) is 9.15 Å². The third-order valence-corrected chi connectivity index (χ3v) is 4.28. The molecular formula is C18H23N5O4. The number of piperidine rings is 1. The van der Waals surface area contributed by atoms with Gasteiger partial charge in [0.2, 0.25) is 0 Å². The zero-order valence-electron chi connectivity index (χ0n) is 15.2. The summed E-state index contributed by atoms with van der Waals surface area (Å²) in [6, 6.07) is 5.34. The van der Waals surface area contributed by atoms with Crippen molar-refractivity contribution in [1.29, 1.82) is 0 Å². The number of amides is 2. The SMILES string of the molecule is CCOC(=O)N1CCC(Nc2cc(C(=O)NCc3ccco3)ncn2)CC1. The Morgan fingerprint density at radius 3 is 2.85 bits per heavy atom. The van der Waals surface area contributed by atoms with E-state index in [1.807, 2.05) is 0 Å². The Kier molecular flexibility index (Phi) is 6.24. The average Bonchev–Trinajstić information content (AvgIpc) is 3.21. The van der Waals surface area contributed by atoms with Gasteiger partial charge in [0, 0.05) is 25.2 Å². The second-order valence-electron chi connectivity index (χ2n) is 6.16. The number of hydrogen-bond acceptors (Lipinski definition) is 7. The first-order chi connectivity index (χ1) is 13.2. The lowest BCUT2D eigenvalue weighted by atomic mass is 10.1. The van der Waals surface area contributed by atoms with Crippen molar-refractivity contribution in [3.05, 3.63) is 42.2 Å². The molecule has 9 nitrogen and oxygen atoms in total. The molecular weight excluding hydrogens is 350 g/mol. The molecule has 0 aliphatic carbocycles. The minimum Gasteiger partial charge on any atom is -0.467 e. The highest BCUT2D eigenvalue weighted by atomic mass is 16.6. The fourth-order valence-electron chi connectivity index (χ4n) is 2.86. The van der Waals surface area contributed by atoms with Gasteiger partial charge in [-0.1, -0.05) is 0 Å². The Bertz CT molecular complexity index is 757. The van der Waals surface area contributed by atoms with Crippen LogP contribution in [0.1, 0.15) is 36.0 Å². The van der Waals surface area contributed by atoms with E-state index < -0.39 is 0 Å². The van der Waals surface area contributed by atoms with Crippen molar-refractivity contribution >= 4 is 17.8 Å². The summed E-state index contributed by atoms with van der Waals surface area (Å²) in [4.78, 5) is 33.9. The zero-order valence-corrected chi connectivity index (χ0v) is 15.2. The molecule has 3 rings (SSSR count). The third-order valence-electron chi connectivity index (χ3n) is 4.28. The van der Waals surface area contributed by atoms with E-state index in [-0.39, 0.29) is 23.7 Å². The van der Waals surface area contributed by atoms with Crippen LogP contribution in [0, 0.1) is 0 Å². The molecule has 0 spiro atoms. The molecule has 0 atom stereocenters. The summed E-state index contributed by atoms with van der Waals surface area (Å²) in [6.45, 7) is 3.72. The highest BCUT2D eigenvalue weighted by Crippen LogP contribution is 2.16. The second-order valence-corrected chi connectivity index (χ2v) is 6.16. The number of anilines is 1. The quantitative estimate of drug-likeness (QED) is 0.797. The molecule has 0 aromatic carbocycles. The van der Waals surface area contributed by atoms with E-state index in [1.165, 1.54) is 6.33 Å². The highest BCUT2D eigenvalue weighted by molar-refractivity contribution is 5.92. The summed E-state index contributed by atoms with van der Waals surface area (Å²) in [5, 5.41) is 6.06. The number of nitrogens with zero attached hydrogens (tertiary/aromatic N) is 3. The number of nitrogens with one attached hydrogen (secondary N) is 2. The van der Waals surface area contributed by atoms with Crippen LogP contribution in [0.2, 0.25) is 0 Å². The largest absolute Gasteiger partial charge is 0.467 e. The minimum atomic E-state index is -0.297. The van der Waals surface area contributed by atoms with Crippen LogP contribution in [-0.2, 0) is 11.3 Å². The van der Waals surface area contributed by atoms with Gasteiger partial charge in [0.25, 0.3) is 5.91 Å². The van der Waals surface area contributed by atoms with Gasteiger partial charge in [-0.2, -0.15) is 0 Å². The molecule has 0 radical (unpaired) electrons. The van der Waals surface area contributed by atoms with Crippen LogP contribution in [0.15, 0.2) is 35.2 Å². The molecule has 1 aliphatic rings. The minimum absolute atomic E-state index is 0.171. The first-order valence-corrected chi connectivity index (χ1v) is 8.96. The van der Waals surface area contributed by atoms with Gasteiger partial charge in [0.1, 0.15) is 23.6 Å². The molecule has 2 N–H and O–H groups in total. The van der Waals surface area contributed by atoms with Crippen molar-refractivity contribution in [2.45, 2.75) is 32.4 Å². The van der Waals surface area contributed by atoms with Crippen molar-refractivity contribution in [3.63, 3.8) is 0 Å². The lowest BCUT2D eigenvalue weighted by Gasteiger charge is -2.31. The second kappa shape index (κ2) is 9.02. The summed E-state index contributed by atoms with van der Waals surface area (Å²) in [5.74, 6) is 0.959. The van der Waals surface area contributed by atoms with Crippen molar-refractivity contribution in [2.75, 3.05) is 25.0 Å². The number of ether oxygens (including phenoxy) is 1. The van der Waals surface area contributed by atoms with Gasteiger partial charge in [-0.05, 0) is 31.9 Å². The molecule has 2 amide bonds. The Hall–Kier alpha value is -3.10. The van der Waals surface area contributed by atoms with E-state index in [0.717, 1.165) is 12.8 Å². The van der Waals surface area contributed by atoms with Crippen LogP contribution >= 0.6 is 0 Å². The maximum Gasteiger partial charge on any atom is 0.409 e. The Labute approximate surface area is 157 Å². The molecule has 1 fully saturated rings. The summed E-state index contributed by atoms with van der Waals surface area (Å²) in [5.41, 5.74) is 0.281. The topological polar surface area (TPSA) is 110 Å². The normalized spacial score (nSPS) is 14.6. The van der Waals surface area contributed by atoms with E-state index in [1.54, 1.807) is 36.3 Å². The number of furan rings is 1. The van der Waals surface area contributed by atoms with Crippen LogP contribution in [0.25, 0.3) is 0 Å². The number of aromatic nitrogens is 2. The first kappa shape index (κ1) is 18.7. The maximum atomic E-state index is 12.2. The van der Waals surface area contributed by atoms with Crippen LogP contribution in [0.3, 0.4) is 0 Å². The van der Waals surface area contributed by atoms with Gasteiger partial charge in [-0.3, -0.25) is 4.79 Å². The van der Waals surface area contributed by atoms with Gasteiger partial charge in [0.05, 0.1) is 19.4 Å². The smallest absolute Gasteiger partial charge is 0.409 e. The zero-order chi connectivity index (χ0) is 19.1. The number of carbonyl (C=O) groups excluding carboxylic acids is 2.